The van der Waals surface area contributed by atoms with Crippen molar-refractivity contribution in [1.29, 1.82) is 0 Å². The van der Waals surface area contributed by atoms with Crippen LogP contribution >= 0.6 is 27.5 Å². The molecule has 0 aliphatic rings. The average molecular weight is 367 g/mol. The van der Waals surface area contributed by atoms with E-state index >= 15 is 0 Å². The van der Waals surface area contributed by atoms with Crippen molar-refractivity contribution in [2.24, 2.45) is 0 Å². The van der Waals surface area contributed by atoms with Gasteiger partial charge in [-0.15, -0.1) is 0 Å². The molecule has 0 amide bonds. The first kappa shape index (κ1) is 14.9. The molecule has 2 rings (SSSR count). The number of hydrogen-bond acceptors (Lipinski definition) is 3. The molecule has 0 saturated heterocycles. The molecule has 106 valence electrons. The van der Waals surface area contributed by atoms with E-state index < -0.39 is 27.9 Å². The Labute approximate surface area is 125 Å². The molecule has 0 bridgehead atoms. The molecular formula is C11H7BrClF2N3O2. The van der Waals surface area contributed by atoms with Crippen LogP contribution in [-0.4, -0.2) is 14.7 Å². The zero-order valence-corrected chi connectivity index (χ0v) is 12.1. The Morgan fingerprint density at radius 1 is 1.40 bits per heavy atom. The Balaban J connectivity index is 2.40. The maximum Gasteiger partial charge on any atom is 0.335 e. The summed E-state index contributed by atoms with van der Waals surface area (Å²) in [5.74, 6) is 0. The summed E-state index contributed by atoms with van der Waals surface area (Å²) in [6.07, 6.45) is -3.06. The quantitative estimate of drug-likeness (QED) is 0.602. The van der Waals surface area contributed by atoms with Crippen molar-refractivity contribution in [2.75, 3.05) is 0 Å². The molecule has 0 aliphatic carbocycles. The molecule has 0 atom stereocenters. The van der Waals surface area contributed by atoms with Crippen molar-refractivity contribution in [3.05, 3.63) is 55.3 Å². The van der Waals surface area contributed by atoms with E-state index in [1.165, 1.54) is 0 Å². The monoisotopic (exact) mass is 365 g/mol. The lowest BCUT2D eigenvalue weighted by molar-refractivity contribution is -0.386. The van der Waals surface area contributed by atoms with Gasteiger partial charge >= 0.3 is 5.69 Å². The van der Waals surface area contributed by atoms with Gasteiger partial charge in [0, 0.05) is 4.47 Å². The Morgan fingerprint density at radius 3 is 2.45 bits per heavy atom. The van der Waals surface area contributed by atoms with Gasteiger partial charge in [-0.3, -0.25) is 10.1 Å². The minimum absolute atomic E-state index is 0.0691. The van der Waals surface area contributed by atoms with Crippen LogP contribution in [0.15, 0.2) is 28.7 Å². The van der Waals surface area contributed by atoms with Crippen molar-refractivity contribution in [1.82, 2.24) is 9.78 Å². The van der Waals surface area contributed by atoms with Crippen molar-refractivity contribution < 1.29 is 13.7 Å². The highest BCUT2D eigenvalue weighted by atomic mass is 79.9. The van der Waals surface area contributed by atoms with Gasteiger partial charge in [-0.25, -0.2) is 13.5 Å². The third kappa shape index (κ3) is 2.96. The van der Waals surface area contributed by atoms with E-state index in [1.54, 1.807) is 24.3 Å². The Hall–Kier alpha value is -1.54. The molecule has 0 fully saturated rings. The molecule has 5 nitrogen and oxygen atoms in total. The van der Waals surface area contributed by atoms with Crippen LogP contribution in [0.3, 0.4) is 0 Å². The molecule has 0 aliphatic heterocycles. The normalized spacial score (nSPS) is 11.1. The molecule has 20 heavy (non-hydrogen) atoms. The van der Waals surface area contributed by atoms with Gasteiger partial charge in [0.15, 0.2) is 0 Å². The van der Waals surface area contributed by atoms with Crippen LogP contribution in [-0.2, 0) is 6.54 Å². The Morgan fingerprint density at radius 2 is 2.00 bits per heavy atom. The van der Waals surface area contributed by atoms with E-state index in [4.69, 9.17) is 11.6 Å². The molecule has 0 unspecified atom stereocenters. The molecule has 0 saturated carbocycles. The number of hydrogen-bond donors (Lipinski definition) is 0. The summed E-state index contributed by atoms with van der Waals surface area (Å²) in [7, 11) is 0. The maximum atomic E-state index is 12.7. The maximum absolute atomic E-state index is 12.7. The van der Waals surface area contributed by atoms with Gasteiger partial charge < -0.3 is 0 Å². The predicted octanol–water partition coefficient (Wildman–Crippen LogP) is 4.19. The van der Waals surface area contributed by atoms with Crippen LogP contribution in [0.4, 0.5) is 14.5 Å². The van der Waals surface area contributed by atoms with Crippen molar-refractivity contribution in [3.8, 4) is 0 Å². The number of nitro groups is 1. The van der Waals surface area contributed by atoms with E-state index in [9.17, 15) is 18.9 Å². The predicted molar refractivity (Wildman–Crippen MR) is 72.1 cm³/mol. The Kier molecular flexibility index (Phi) is 4.34. The molecule has 9 heteroatoms. The molecule has 0 N–H and O–H groups in total. The minimum atomic E-state index is -3.06. The number of halogens is 4. The first-order chi connectivity index (χ1) is 9.40. The average Bonchev–Trinajstić information content (AvgIpc) is 2.70. The number of aromatic nitrogens is 2. The van der Waals surface area contributed by atoms with Gasteiger partial charge in [0.1, 0.15) is 0 Å². The van der Waals surface area contributed by atoms with Crippen LogP contribution < -0.4 is 0 Å². The van der Waals surface area contributed by atoms with Gasteiger partial charge in [0.25, 0.3) is 6.43 Å². The third-order valence-electron chi connectivity index (χ3n) is 2.53. The molecule has 1 aromatic heterocycles. The summed E-state index contributed by atoms with van der Waals surface area (Å²) in [5.41, 5.74) is -1.04. The first-order valence-electron chi connectivity index (χ1n) is 5.33. The number of benzene rings is 1. The standard InChI is InChI=1S/C11H7BrClF2N3O2/c12-7-3-1-6(2-4-7)5-17-10(13)9(18(19)20)8(16-17)11(14)15/h1-4,11H,5H2. The SMILES string of the molecule is O=[N+]([O-])c1c(C(F)F)nn(Cc2ccc(Br)cc2)c1Cl. The van der Waals surface area contributed by atoms with Crippen LogP contribution in [0.25, 0.3) is 0 Å². The van der Waals surface area contributed by atoms with Gasteiger partial charge in [-0.1, -0.05) is 39.7 Å². The third-order valence-corrected chi connectivity index (χ3v) is 3.43. The van der Waals surface area contributed by atoms with Crippen molar-refractivity contribution in [2.45, 2.75) is 13.0 Å². The van der Waals surface area contributed by atoms with Crippen LogP contribution in [0.2, 0.25) is 5.15 Å². The molecule has 0 spiro atoms. The highest BCUT2D eigenvalue weighted by Gasteiger charge is 2.32. The zero-order chi connectivity index (χ0) is 14.9. The van der Waals surface area contributed by atoms with Crippen LogP contribution in [0, 0.1) is 10.1 Å². The number of rotatable bonds is 4. The second-order valence-electron chi connectivity index (χ2n) is 3.87. The molecular weight excluding hydrogens is 359 g/mol. The summed E-state index contributed by atoms with van der Waals surface area (Å²) in [6.45, 7) is 0.0691. The van der Waals surface area contributed by atoms with Gasteiger partial charge in [0.05, 0.1) is 11.5 Å². The molecule has 1 aromatic carbocycles. The van der Waals surface area contributed by atoms with E-state index in [0.717, 1.165) is 14.7 Å². The van der Waals surface area contributed by atoms with E-state index in [1.807, 2.05) is 0 Å². The fraction of sp³-hybridized carbons (Fsp3) is 0.182. The fourth-order valence-corrected chi connectivity index (χ4v) is 2.16. The molecule has 0 radical (unpaired) electrons. The van der Waals surface area contributed by atoms with E-state index in [0.29, 0.717) is 0 Å². The topological polar surface area (TPSA) is 61.0 Å². The number of nitrogens with zero attached hydrogens (tertiary/aromatic N) is 3. The summed E-state index contributed by atoms with van der Waals surface area (Å²) < 4.78 is 27.3. The smallest absolute Gasteiger partial charge is 0.258 e. The van der Waals surface area contributed by atoms with Crippen LogP contribution in [0.5, 0.6) is 0 Å². The van der Waals surface area contributed by atoms with Crippen molar-refractivity contribution >= 4 is 33.2 Å². The van der Waals surface area contributed by atoms with Gasteiger partial charge in [-0.2, -0.15) is 5.10 Å². The highest BCUT2D eigenvalue weighted by molar-refractivity contribution is 9.10. The molecule has 1 heterocycles. The zero-order valence-electron chi connectivity index (χ0n) is 9.76. The first-order valence-corrected chi connectivity index (χ1v) is 6.50. The van der Waals surface area contributed by atoms with E-state index in [-0.39, 0.29) is 6.54 Å². The second kappa shape index (κ2) is 5.84. The number of alkyl halides is 2. The molecule has 2 aromatic rings. The summed E-state index contributed by atoms with van der Waals surface area (Å²) >= 11 is 9.03. The second-order valence-corrected chi connectivity index (χ2v) is 5.14. The van der Waals surface area contributed by atoms with Gasteiger partial charge in [-0.05, 0) is 17.7 Å². The summed E-state index contributed by atoms with van der Waals surface area (Å²) in [4.78, 5) is 9.84. The lowest BCUT2D eigenvalue weighted by Crippen LogP contribution is -2.02. The largest absolute Gasteiger partial charge is 0.335 e. The Bertz CT molecular complexity index is 646. The van der Waals surface area contributed by atoms with E-state index in [2.05, 4.69) is 21.0 Å². The van der Waals surface area contributed by atoms with Gasteiger partial charge in [0.2, 0.25) is 10.8 Å². The highest BCUT2D eigenvalue weighted by Crippen LogP contribution is 2.34. The lowest BCUT2D eigenvalue weighted by atomic mass is 10.2. The lowest BCUT2D eigenvalue weighted by Gasteiger charge is -2.02. The minimum Gasteiger partial charge on any atom is -0.258 e. The fourth-order valence-electron chi connectivity index (χ4n) is 1.63. The van der Waals surface area contributed by atoms with Crippen LogP contribution in [0.1, 0.15) is 17.7 Å². The van der Waals surface area contributed by atoms with Crippen molar-refractivity contribution in [3.63, 3.8) is 0 Å². The summed E-state index contributed by atoms with van der Waals surface area (Å²) in [5, 5.41) is 13.9. The summed E-state index contributed by atoms with van der Waals surface area (Å²) in [6, 6.07) is 6.98.